The van der Waals surface area contributed by atoms with Gasteiger partial charge >= 0.3 is 0 Å². The molecule has 184 valence electrons. The number of nitrogens with one attached hydrogen (secondary N) is 1. The molecule has 3 aromatic carbocycles. The van der Waals surface area contributed by atoms with Gasteiger partial charge in [0.15, 0.2) is 22.4 Å². The van der Waals surface area contributed by atoms with Crippen LogP contribution in [-0.4, -0.2) is 29.9 Å². The van der Waals surface area contributed by atoms with Crippen LogP contribution in [0.5, 0.6) is 11.5 Å². The minimum Gasteiger partial charge on any atom is -0.493 e. The monoisotopic (exact) mass is 518 g/mol. The number of hydrogen-bond acceptors (Lipinski definition) is 6. The largest absolute Gasteiger partial charge is 0.493 e. The van der Waals surface area contributed by atoms with Gasteiger partial charge in [0.05, 0.1) is 17.7 Å². The van der Waals surface area contributed by atoms with E-state index in [0.717, 1.165) is 33.6 Å². The standard InChI is InChI=1S/C28H26N2O4S2/c1-17-5-10-22(11-6-17)30-27(32)25(36-28(30)35)15-20-8-12-23(24(14-20)33-4)34-16-26(31)29-21-9-7-18(2)19(3)13-21/h5-15H,16H2,1-4H3,(H,29,31)/b25-15-. The molecule has 1 aliphatic heterocycles. The Morgan fingerprint density at radius 2 is 1.75 bits per heavy atom. The van der Waals surface area contributed by atoms with Crippen LogP contribution < -0.4 is 19.7 Å². The molecule has 0 spiro atoms. The fourth-order valence-electron chi connectivity index (χ4n) is 3.59. The zero-order chi connectivity index (χ0) is 25.8. The van der Waals surface area contributed by atoms with Gasteiger partial charge in [0.1, 0.15) is 0 Å². The number of thiocarbonyl (C=S) groups is 1. The molecule has 6 nitrogen and oxygen atoms in total. The SMILES string of the molecule is COc1cc(/C=C2\SC(=S)N(c3ccc(C)cc3)C2=O)ccc1OCC(=O)Nc1ccc(C)c(C)c1. The highest BCUT2D eigenvalue weighted by molar-refractivity contribution is 8.27. The van der Waals surface area contributed by atoms with Crippen LogP contribution in [0, 0.1) is 20.8 Å². The van der Waals surface area contributed by atoms with Gasteiger partial charge in [0, 0.05) is 5.69 Å². The molecule has 1 aliphatic rings. The molecule has 1 heterocycles. The molecule has 8 heteroatoms. The van der Waals surface area contributed by atoms with Crippen molar-refractivity contribution in [2.24, 2.45) is 0 Å². The van der Waals surface area contributed by atoms with Gasteiger partial charge in [0.2, 0.25) is 0 Å². The second-order valence-electron chi connectivity index (χ2n) is 8.40. The molecule has 2 amide bonds. The molecule has 0 aromatic heterocycles. The molecule has 1 fully saturated rings. The average Bonchev–Trinajstić information content (AvgIpc) is 3.13. The van der Waals surface area contributed by atoms with Crippen LogP contribution in [-0.2, 0) is 9.59 Å². The lowest BCUT2D eigenvalue weighted by molar-refractivity contribution is -0.118. The lowest BCUT2D eigenvalue weighted by Gasteiger charge is -2.14. The topological polar surface area (TPSA) is 67.9 Å². The zero-order valence-corrected chi connectivity index (χ0v) is 22.1. The molecular formula is C28H26N2O4S2. The highest BCUT2D eigenvalue weighted by Gasteiger charge is 2.33. The molecule has 1 N–H and O–H groups in total. The second kappa shape index (κ2) is 11.0. The first-order chi connectivity index (χ1) is 17.2. The van der Waals surface area contributed by atoms with Crippen molar-refractivity contribution >= 4 is 57.6 Å². The fraction of sp³-hybridized carbons (Fsp3) is 0.179. The first-order valence-corrected chi connectivity index (χ1v) is 12.5. The normalized spacial score (nSPS) is 14.3. The summed E-state index contributed by atoms with van der Waals surface area (Å²) >= 11 is 6.71. The first kappa shape index (κ1) is 25.5. The number of benzene rings is 3. The van der Waals surface area contributed by atoms with E-state index in [0.29, 0.717) is 20.7 Å². The molecule has 0 aliphatic carbocycles. The smallest absolute Gasteiger partial charge is 0.270 e. The average molecular weight is 519 g/mol. The number of rotatable bonds is 7. The molecule has 3 aromatic rings. The number of ether oxygens (including phenoxy) is 2. The van der Waals surface area contributed by atoms with Crippen molar-refractivity contribution in [1.82, 2.24) is 0 Å². The van der Waals surface area contributed by atoms with Crippen molar-refractivity contribution in [3.05, 3.63) is 87.8 Å². The quantitative estimate of drug-likeness (QED) is 0.304. The summed E-state index contributed by atoms with van der Waals surface area (Å²) < 4.78 is 11.7. The van der Waals surface area contributed by atoms with E-state index in [1.165, 1.54) is 23.8 Å². The predicted octanol–water partition coefficient (Wildman–Crippen LogP) is 6.04. The Bertz CT molecular complexity index is 1370. The van der Waals surface area contributed by atoms with Crippen LogP contribution in [0.25, 0.3) is 6.08 Å². The van der Waals surface area contributed by atoms with E-state index in [9.17, 15) is 9.59 Å². The van der Waals surface area contributed by atoms with E-state index in [-0.39, 0.29) is 18.4 Å². The van der Waals surface area contributed by atoms with Gasteiger partial charge in [-0.2, -0.15) is 0 Å². The third-order valence-electron chi connectivity index (χ3n) is 5.72. The van der Waals surface area contributed by atoms with Crippen LogP contribution in [0.1, 0.15) is 22.3 Å². The number of amides is 2. The molecule has 0 atom stereocenters. The third kappa shape index (κ3) is 5.78. The summed E-state index contributed by atoms with van der Waals surface area (Å²) in [5.74, 6) is 0.439. The van der Waals surface area contributed by atoms with Gasteiger partial charge in [0.25, 0.3) is 11.8 Å². The Morgan fingerprint density at radius 1 is 1.00 bits per heavy atom. The van der Waals surface area contributed by atoms with E-state index >= 15 is 0 Å². The lowest BCUT2D eigenvalue weighted by Crippen LogP contribution is -2.27. The summed E-state index contributed by atoms with van der Waals surface area (Å²) in [5.41, 5.74) is 5.58. The number of aryl methyl sites for hydroxylation is 3. The van der Waals surface area contributed by atoms with E-state index in [4.69, 9.17) is 21.7 Å². The minimum absolute atomic E-state index is 0.169. The molecular weight excluding hydrogens is 492 g/mol. The predicted molar refractivity (Wildman–Crippen MR) is 150 cm³/mol. The van der Waals surface area contributed by atoms with Gasteiger partial charge in [-0.1, -0.05) is 53.8 Å². The molecule has 0 saturated carbocycles. The van der Waals surface area contributed by atoms with Gasteiger partial charge in [-0.3, -0.25) is 14.5 Å². The minimum atomic E-state index is -0.274. The summed E-state index contributed by atoms with van der Waals surface area (Å²) in [6, 6.07) is 18.7. The number of thioether (sulfide) groups is 1. The Morgan fingerprint density at radius 3 is 2.44 bits per heavy atom. The molecule has 0 bridgehead atoms. The molecule has 4 rings (SSSR count). The summed E-state index contributed by atoms with van der Waals surface area (Å²) in [4.78, 5) is 27.5. The Labute approximate surface area is 220 Å². The number of nitrogens with zero attached hydrogens (tertiary/aromatic N) is 1. The summed E-state index contributed by atoms with van der Waals surface area (Å²) in [7, 11) is 1.53. The Balaban J connectivity index is 1.44. The maximum atomic E-state index is 13.0. The van der Waals surface area contributed by atoms with E-state index < -0.39 is 0 Å². The van der Waals surface area contributed by atoms with Crippen molar-refractivity contribution in [1.29, 1.82) is 0 Å². The van der Waals surface area contributed by atoms with Crippen molar-refractivity contribution in [3.8, 4) is 11.5 Å². The summed E-state index contributed by atoms with van der Waals surface area (Å²) in [6.45, 7) is 5.84. The highest BCUT2D eigenvalue weighted by Crippen LogP contribution is 2.37. The van der Waals surface area contributed by atoms with Gasteiger partial charge in [-0.25, -0.2) is 0 Å². The highest BCUT2D eigenvalue weighted by atomic mass is 32.2. The summed E-state index contributed by atoms with van der Waals surface area (Å²) in [6.07, 6.45) is 1.77. The zero-order valence-electron chi connectivity index (χ0n) is 20.5. The molecule has 1 saturated heterocycles. The van der Waals surface area contributed by atoms with E-state index in [1.807, 2.05) is 63.2 Å². The molecule has 0 unspecified atom stereocenters. The van der Waals surface area contributed by atoms with Gasteiger partial charge in [-0.05, 0) is 79.9 Å². The number of methoxy groups -OCH3 is 1. The van der Waals surface area contributed by atoms with Crippen molar-refractivity contribution in [3.63, 3.8) is 0 Å². The van der Waals surface area contributed by atoms with Crippen LogP contribution in [0.15, 0.2) is 65.6 Å². The first-order valence-electron chi connectivity index (χ1n) is 11.3. The van der Waals surface area contributed by atoms with Crippen molar-refractivity contribution in [2.45, 2.75) is 20.8 Å². The Kier molecular flexibility index (Phi) is 7.76. The number of carbonyl (C=O) groups excluding carboxylic acids is 2. The fourth-order valence-corrected chi connectivity index (χ4v) is 4.89. The van der Waals surface area contributed by atoms with E-state index in [1.54, 1.807) is 24.3 Å². The van der Waals surface area contributed by atoms with Crippen LogP contribution in [0.4, 0.5) is 11.4 Å². The van der Waals surface area contributed by atoms with Crippen LogP contribution in [0.3, 0.4) is 0 Å². The number of anilines is 2. The van der Waals surface area contributed by atoms with Crippen molar-refractivity contribution < 1.29 is 19.1 Å². The molecule has 36 heavy (non-hydrogen) atoms. The number of hydrogen-bond donors (Lipinski definition) is 1. The van der Waals surface area contributed by atoms with Gasteiger partial charge in [-0.15, -0.1) is 0 Å². The molecule has 0 radical (unpaired) electrons. The lowest BCUT2D eigenvalue weighted by atomic mass is 10.1. The second-order valence-corrected chi connectivity index (χ2v) is 10.1. The maximum absolute atomic E-state index is 13.0. The van der Waals surface area contributed by atoms with Gasteiger partial charge < -0.3 is 14.8 Å². The number of carbonyl (C=O) groups is 2. The van der Waals surface area contributed by atoms with Crippen molar-refractivity contribution in [2.75, 3.05) is 23.9 Å². The maximum Gasteiger partial charge on any atom is 0.270 e. The third-order valence-corrected chi connectivity index (χ3v) is 7.02. The van der Waals surface area contributed by atoms with Crippen LogP contribution in [0.2, 0.25) is 0 Å². The van der Waals surface area contributed by atoms with Crippen LogP contribution >= 0.6 is 24.0 Å². The van der Waals surface area contributed by atoms with E-state index in [2.05, 4.69) is 5.32 Å². The summed E-state index contributed by atoms with van der Waals surface area (Å²) in [5, 5.41) is 2.84. The Hall–Kier alpha value is -3.62.